The van der Waals surface area contributed by atoms with Crippen molar-refractivity contribution in [2.24, 2.45) is 10.9 Å². The molecule has 0 bridgehead atoms. The van der Waals surface area contributed by atoms with E-state index < -0.39 is 0 Å². The van der Waals surface area contributed by atoms with Crippen molar-refractivity contribution in [3.05, 3.63) is 0 Å². The van der Waals surface area contributed by atoms with Gasteiger partial charge < -0.3 is 10.6 Å². The normalized spacial score (nSPS) is 14.0. The fraction of sp³-hybridized carbons (Fsp3) is 0.933. The van der Waals surface area contributed by atoms with E-state index >= 15 is 0 Å². The molecule has 0 amide bonds. The Morgan fingerprint density at radius 1 is 1.05 bits per heavy atom. The van der Waals surface area contributed by atoms with Crippen molar-refractivity contribution in [3.63, 3.8) is 0 Å². The van der Waals surface area contributed by atoms with Crippen LogP contribution >= 0.6 is 0 Å². The van der Waals surface area contributed by atoms with Crippen molar-refractivity contribution in [3.8, 4) is 0 Å². The zero-order chi connectivity index (χ0) is 14.7. The van der Waals surface area contributed by atoms with Crippen molar-refractivity contribution in [1.29, 1.82) is 0 Å². The first-order valence-electron chi connectivity index (χ1n) is 7.81. The van der Waals surface area contributed by atoms with Gasteiger partial charge in [-0.2, -0.15) is 0 Å². The first-order valence-corrected chi connectivity index (χ1v) is 7.81. The summed E-state index contributed by atoms with van der Waals surface area (Å²) in [6.07, 6.45) is 1.18. The van der Waals surface area contributed by atoms with Gasteiger partial charge in [0.2, 0.25) is 0 Å². The van der Waals surface area contributed by atoms with Gasteiger partial charge in [-0.05, 0) is 39.3 Å². The van der Waals surface area contributed by atoms with Gasteiger partial charge in [0.05, 0.1) is 6.54 Å². The number of guanidine groups is 1. The molecular weight excluding hydrogens is 236 g/mol. The van der Waals surface area contributed by atoms with Crippen LogP contribution in [0.2, 0.25) is 0 Å². The number of hydrogen-bond acceptors (Lipinski definition) is 2. The topological polar surface area (TPSA) is 39.7 Å². The number of rotatable bonds is 9. The summed E-state index contributed by atoms with van der Waals surface area (Å²) < 4.78 is 0. The number of nitrogens with zero attached hydrogens (tertiary/aromatic N) is 2. The lowest BCUT2D eigenvalue weighted by Gasteiger charge is -2.25. The van der Waals surface area contributed by atoms with E-state index in [2.05, 4.69) is 62.1 Å². The second-order valence-electron chi connectivity index (χ2n) is 5.40. The van der Waals surface area contributed by atoms with Crippen LogP contribution in [-0.2, 0) is 0 Å². The summed E-state index contributed by atoms with van der Waals surface area (Å²) in [5.74, 6) is 1.67. The van der Waals surface area contributed by atoms with Gasteiger partial charge in [0.15, 0.2) is 5.96 Å². The van der Waals surface area contributed by atoms with Crippen LogP contribution in [0.15, 0.2) is 4.99 Å². The molecule has 0 radical (unpaired) electrons. The third kappa shape index (κ3) is 8.87. The summed E-state index contributed by atoms with van der Waals surface area (Å²) in [5, 5.41) is 6.71. The van der Waals surface area contributed by atoms with Crippen molar-refractivity contribution in [2.75, 3.05) is 32.7 Å². The minimum Gasteiger partial charge on any atom is -0.357 e. The first kappa shape index (κ1) is 18.2. The third-order valence-electron chi connectivity index (χ3n) is 3.31. The molecule has 0 saturated carbocycles. The Hall–Kier alpha value is -0.770. The molecule has 0 aromatic carbocycles. The predicted octanol–water partition coefficient (Wildman–Crippen LogP) is 2.32. The highest BCUT2D eigenvalue weighted by Gasteiger charge is 2.09. The number of likely N-dealkylation sites (N-methyl/N-ethyl adjacent to an activating group) is 1. The summed E-state index contributed by atoms with van der Waals surface area (Å²) in [4.78, 5) is 7.11. The molecular formula is C15H34N4. The highest BCUT2D eigenvalue weighted by Crippen LogP contribution is 1.99. The zero-order valence-corrected chi connectivity index (χ0v) is 13.8. The molecule has 0 aromatic heterocycles. The number of aliphatic imine (C=N–C) groups is 1. The highest BCUT2D eigenvalue weighted by atomic mass is 15.2. The molecule has 0 aliphatic heterocycles. The van der Waals surface area contributed by atoms with Crippen LogP contribution in [0.5, 0.6) is 0 Å². The zero-order valence-electron chi connectivity index (χ0n) is 13.8. The van der Waals surface area contributed by atoms with Crippen LogP contribution in [0, 0.1) is 5.92 Å². The van der Waals surface area contributed by atoms with Crippen LogP contribution in [0.25, 0.3) is 0 Å². The van der Waals surface area contributed by atoms with Gasteiger partial charge in [-0.25, -0.2) is 0 Å². The summed E-state index contributed by atoms with van der Waals surface area (Å²) in [7, 11) is 0. The van der Waals surface area contributed by atoms with Crippen LogP contribution in [0.4, 0.5) is 0 Å². The average Bonchev–Trinajstić information content (AvgIpc) is 2.37. The largest absolute Gasteiger partial charge is 0.357 e. The maximum absolute atomic E-state index is 4.68. The van der Waals surface area contributed by atoms with E-state index in [4.69, 9.17) is 0 Å². The Balaban J connectivity index is 4.23. The van der Waals surface area contributed by atoms with Crippen LogP contribution in [0.3, 0.4) is 0 Å². The van der Waals surface area contributed by atoms with Gasteiger partial charge in [-0.15, -0.1) is 0 Å². The minimum atomic E-state index is 0.496. The summed E-state index contributed by atoms with van der Waals surface area (Å²) >= 11 is 0. The molecule has 1 atom stereocenters. The van der Waals surface area contributed by atoms with Crippen molar-refractivity contribution < 1.29 is 0 Å². The first-order chi connectivity index (χ1) is 9.04. The highest BCUT2D eigenvalue weighted by molar-refractivity contribution is 5.79. The van der Waals surface area contributed by atoms with E-state index in [0.717, 1.165) is 44.6 Å². The smallest absolute Gasteiger partial charge is 0.191 e. The fourth-order valence-electron chi connectivity index (χ4n) is 2.01. The molecule has 114 valence electrons. The Morgan fingerprint density at radius 3 is 2.16 bits per heavy atom. The van der Waals surface area contributed by atoms with E-state index in [9.17, 15) is 0 Å². The van der Waals surface area contributed by atoms with Crippen molar-refractivity contribution in [1.82, 2.24) is 15.5 Å². The lowest BCUT2D eigenvalue weighted by molar-refractivity contribution is 0.237. The van der Waals surface area contributed by atoms with Crippen molar-refractivity contribution >= 4 is 5.96 Å². The van der Waals surface area contributed by atoms with E-state index in [1.807, 2.05) is 0 Å². The lowest BCUT2D eigenvalue weighted by Crippen LogP contribution is -2.40. The van der Waals surface area contributed by atoms with E-state index in [1.165, 1.54) is 6.42 Å². The number of hydrogen-bond donors (Lipinski definition) is 2. The monoisotopic (exact) mass is 270 g/mol. The van der Waals surface area contributed by atoms with E-state index in [-0.39, 0.29) is 0 Å². The van der Waals surface area contributed by atoms with Gasteiger partial charge >= 0.3 is 0 Å². The molecule has 0 rings (SSSR count). The van der Waals surface area contributed by atoms with Gasteiger partial charge in [0, 0.05) is 19.1 Å². The molecule has 19 heavy (non-hydrogen) atoms. The second kappa shape index (κ2) is 11.1. The Labute approximate surface area is 120 Å². The molecule has 0 spiro atoms. The van der Waals surface area contributed by atoms with Gasteiger partial charge in [0.25, 0.3) is 0 Å². The van der Waals surface area contributed by atoms with E-state index in [1.54, 1.807) is 0 Å². The molecule has 0 aliphatic carbocycles. The molecule has 1 unspecified atom stereocenters. The summed E-state index contributed by atoms with van der Waals surface area (Å²) in [6.45, 7) is 18.2. The molecule has 0 heterocycles. The van der Waals surface area contributed by atoms with E-state index in [0.29, 0.717) is 6.04 Å². The van der Waals surface area contributed by atoms with Gasteiger partial charge in [-0.3, -0.25) is 9.89 Å². The van der Waals surface area contributed by atoms with Gasteiger partial charge in [0.1, 0.15) is 0 Å². The second-order valence-corrected chi connectivity index (χ2v) is 5.40. The van der Waals surface area contributed by atoms with Crippen LogP contribution < -0.4 is 10.6 Å². The van der Waals surface area contributed by atoms with Gasteiger partial charge in [-0.1, -0.05) is 27.7 Å². The Bertz CT molecular complexity index is 234. The minimum absolute atomic E-state index is 0.496. The number of nitrogens with one attached hydrogen (secondary N) is 2. The molecule has 0 aliphatic rings. The maximum atomic E-state index is 4.68. The Morgan fingerprint density at radius 2 is 1.68 bits per heavy atom. The Kier molecular flexibility index (Phi) is 10.6. The van der Waals surface area contributed by atoms with Crippen LogP contribution in [0.1, 0.15) is 48.0 Å². The molecule has 0 fully saturated rings. The molecule has 4 heteroatoms. The molecule has 4 nitrogen and oxygen atoms in total. The molecule has 0 aromatic rings. The maximum Gasteiger partial charge on any atom is 0.191 e. The average molecular weight is 270 g/mol. The lowest BCUT2D eigenvalue weighted by atomic mass is 10.1. The summed E-state index contributed by atoms with van der Waals surface area (Å²) in [6, 6.07) is 0.496. The van der Waals surface area contributed by atoms with Crippen molar-refractivity contribution in [2.45, 2.75) is 54.0 Å². The quantitative estimate of drug-likeness (QED) is 0.499. The SMILES string of the molecule is CCNC(=NCC(C)N(CC)CC)NCCC(C)C. The molecule has 2 N–H and O–H groups in total. The third-order valence-corrected chi connectivity index (χ3v) is 3.31. The summed E-state index contributed by atoms with van der Waals surface area (Å²) in [5.41, 5.74) is 0. The predicted molar refractivity (Wildman–Crippen MR) is 85.8 cm³/mol. The molecule has 0 saturated heterocycles. The fourth-order valence-corrected chi connectivity index (χ4v) is 2.01. The van der Waals surface area contributed by atoms with Crippen LogP contribution in [-0.4, -0.2) is 49.6 Å². The standard InChI is InChI=1S/C15H34N4/c1-7-16-15(17-11-10-13(4)5)18-12-14(6)19(8-2)9-3/h13-14H,7-12H2,1-6H3,(H2,16,17,18).